The fourth-order valence-electron chi connectivity index (χ4n) is 3.23. The molecule has 0 aromatic carbocycles. The largest absolute Gasteiger partial charge is 0.394 e. The average Bonchev–Trinajstić information content (AvgIpc) is 2.60. The zero-order valence-corrected chi connectivity index (χ0v) is 14.5. The van der Waals surface area contributed by atoms with E-state index in [4.69, 9.17) is 14.2 Å². The number of rotatable bonds is 5. The van der Waals surface area contributed by atoms with E-state index in [2.05, 4.69) is 5.32 Å². The summed E-state index contributed by atoms with van der Waals surface area (Å²) in [6.45, 7) is 1.72. The first-order valence-corrected chi connectivity index (χ1v) is 8.38. The molecule has 152 valence electrons. The quantitative estimate of drug-likeness (QED) is 0.247. The second-order valence-electron chi connectivity index (χ2n) is 6.58. The van der Waals surface area contributed by atoms with E-state index >= 15 is 0 Å². The lowest BCUT2D eigenvalue weighted by atomic mass is 9.92. The molecular formula is C15H27NO10. The number of amides is 1. The Bertz CT molecular complexity index is 477. The number of ether oxygens (including phenoxy) is 3. The van der Waals surface area contributed by atoms with Gasteiger partial charge in [-0.1, -0.05) is 0 Å². The van der Waals surface area contributed by atoms with E-state index in [9.17, 15) is 35.4 Å². The Labute approximate surface area is 150 Å². The highest BCUT2D eigenvalue weighted by Gasteiger charge is 2.50. The molecule has 0 radical (unpaired) electrons. The molecule has 10 atom stereocenters. The summed E-state index contributed by atoms with van der Waals surface area (Å²) in [5.74, 6) is -0.404. The van der Waals surface area contributed by atoms with Gasteiger partial charge in [-0.25, -0.2) is 0 Å². The van der Waals surface area contributed by atoms with Gasteiger partial charge in [-0.05, 0) is 6.92 Å². The Kier molecular flexibility index (Phi) is 7.30. The molecule has 2 heterocycles. The smallest absolute Gasteiger partial charge is 0.217 e. The maximum atomic E-state index is 11.3. The van der Waals surface area contributed by atoms with Crippen LogP contribution in [0.5, 0.6) is 0 Å². The average molecular weight is 381 g/mol. The molecule has 5 unspecified atom stereocenters. The van der Waals surface area contributed by atoms with Crippen LogP contribution in [0.1, 0.15) is 13.8 Å². The minimum Gasteiger partial charge on any atom is -0.394 e. The predicted octanol–water partition coefficient (Wildman–Crippen LogP) is -4.18. The van der Waals surface area contributed by atoms with Crippen molar-refractivity contribution in [3.05, 3.63) is 0 Å². The number of carbonyl (C=O) groups is 1. The molecule has 0 aromatic heterocycles. The maximum absolute atomic E-state index is 11.3. The normalized spacial score (nSPS) is 46.8. The van der Waals surface area contributed by atoms with Crippen LogP contribution in [-0.2, 0) is 19.0 Å². The van der Waals surface area contributed by atoms with E-state index in [0.717, 1.165) is 0 Å². The molecule has 2 saturated heterocycles. The van der Waals surface area contributed by atoms with E-state index in [0.29, 0.717) is 0 Å². The van der Waals surface area contributed by atoms with Gasteiger partial charge >= 0.3 is 0 Å². The summed E-state index contributed by atoms with van der Waals surface area (Å²) in [6, 6.07) is -0.842. The molecule has 0 aromatic rings. The molecule has 11 nitrogen and oxygen atoms in total. The summed E-state index contributed by atoms with van der Waals surface area (Å²) in [5, 5.41) is 61.5. The number of hydrogen-bond acceptors (Lipinski definition) is 10. The van der Waals surface area contributed by atoms with Gasteiger partial charge in [0.25, 0.3) is 0 Å². The third kappa shape index (κ3) is 4.32. The second kappa shape index (κ2) is 8.87. The summed E-state index contributed by atoms with van der Waals surface area (Å²) in [5.41, 5.74) is 0. The molecule has 1 amide bonds. The van der Waals surface area contributed by atoms with Crippen LogP contribution in [0, 0.1) is 0 Å². The van der Waals surface area contributed by atoms with Crippen molar-refractivity contribution in [2.24, 2.45) is 0 Å². The van der Waals surface area contributed by atoms with Crippen LogP contribution in [-0.4, -0.2) is 111 Å². The van der Waals surface area contributed by atoms with Crippen molar-refractivity contribution in [1.82, 2.24) is 5.32 Å². The van der Waals surface area contributed by atoms with Crippen LogP contribution in [0.4, 0.5) is 0 Å². The van der Waals surface area contributed by atoms with Crippen molar-refractivity contribution in [1.29, 1.82) is 0 Å². The van der Waals surface area contributed by atoms with E-state index in [1.165, 1.54) is 6.92 Å². The maximum Gasteiger partial charge on any atom is 0.217 e. The van der Waals surface area contributed by atoms with Gasteiger partial charge in [-0.2, -0.15) is 0 Å². The lowest BCUT2D eigenvalue weighted by Crippen LogP contribution is -2.66. The van der Waals surface area contributed by atoms with Gasteiger partial charge in [0, 0.05) is 6.92 Å². The summed E-state index contributed by atoms with van der Waals surface area (Å²) in [4.78, 5) is 11.3. The monoisotopic (exact) mass is 381 g/mol. The summed E-state index contributed by atoms with van der Waals surface area (Å²) < 4.78 is 16.3. The number of nitrogens with one attached hydrogen (secondary N) is 1. The molecule has 2 aliphatic rings. The molecule has 11 heteroatoms. The van der Waals surface area contributed by atoms with Gasteiger partial charge in [0.1, 0.15) is 42.7 Å². The van der Waals surface area contributed by atoms with Gasteiger partial charge in [0.15, 0.2) is 6.29 Å². The van der Waals surface area contributed by atoms with Gasteiger partial charge < -0.3 is 50.2 Å². The van der Waals surface area contributed by atoms with Crippen molar-refractivity contribution in [2.75, 3.05) is 13.2 Å². The lowest BCUT2D eigenvalue weighted by molar-refractivity contribution is -0.335. The highest BCUT2D eigenvalue weighted by Crippen LogP contribution is 2.29. The third-order valence-electron chi connectivity index (χ3n) is 4.66. The Hall–Kier alpha value is -0.890. The van der Waals surface area contributed by atoms with E-state index < -0.39 is 80.3 Å². The fraction of sp³-hybridized carbons (Fsp3) is 0.933. The van der Waals surface area contributed by atoms with Crippen molar-refractivity contribution >= 4 is 5.91 Å². The minimum absolute atomic E-state index is 0.404. The van der Waals surface area contributed by atoms with Gasteiger partial charge in [0.05, 0.1) is 25.4 Å². The van der Waals surface area contributed by atoms with E-state index in [1.807, 2.05) is 0 Å². The fourth-order valence-corrected chi connectivity index (χ4v) is 3.23. The SMILES string of the molecule is CC(=O)NC1C(C)OC(CO)[C@H](O[C@@H]2OC(CO)[C@H](O)[C@H](O)C2O)[C@@H]1O. The molecular weight excluding hydrogens is 354 g/mol. The summed E-state index contributed by atoms with van der Waals surface area (Å²) in [7, 11) is 0. The van der Waals surface area contributed by atoms with Crippen molar-refractivity contribution in [3.63, 3.8) is 0 Å². The summed E-state index contributed by atoms with van der Waals surface area (Å²) in [6.07, 6.45) is -11.7. The number of carbonyl (C=O) groups excluding carboxylic acids is 1. The molecule has 26 heavy (non-hydrogen) atoms. The zero-order chi connectivity index (χ0) is 19.6. The Morgan fingerprint density at radius 3 is 2.12 bits per heavy atom. The predicted molar refractivity (Wildman–Crippen MR) is 83.7 cm³/mol. The first-order chi connectivity index (χ1) is 12.2. The number of hydrogen-bond donors (Lipinski definition) is 7. The van der Waals surface area contributed by atoms with Crippen LogP contribution in [0.15, 0.2) is 0 Å². The topological polar surface area (TPSA) is 178 Å². The molecule has 7 N–H and O–H groups in total. The highest BCUT2D eigenvalue weighted by atomic mass is 16.7. The van der Waals surface area contributed by atoms with Gasteiger partial charge in [0.2, 0.25) is 5.91 Å². The molecule has 0 bridgehead atoms. The minimum atomic E-state index is -1.67. The number of aliphatic hydroxyl groups excluding tert-OH is 6. The molecule has 0 aliphatic carbocycles. The van der Waals surface area contributed by atoms with Gasteiger partial charge in [-0.15, -0.1) is 0 Å². The Morgan fingerprint density at radius 2 is 1.58 bits per heavy atom. The highest BCUT2D eigenvalue weighted by molar-refractivity contribution is 5.73. The standard InChI is InChI=1S/C15H27NO10/c1-5-9(16-6(2)19)11(21)14(8(4-18)24-5)26-15-13(23)12(22)10(20)7(3-17)25-15/h5,7-15,17-18,20-23H,3-4H2,1-2H3,(H,16,19)/t5?,7?,8?,9?,10-,11+,12-,13?,14-,15-/m0/s1. The molecule has 2 rings (SSSR count). The molecule has 0 spiro atoms. The van der Waals surface area contributed by atoms with Crippen LogP contribution in [0.2, 0.25) is 0 Å². The van der Waals surface area contributed by atoms with Crippen LogP contribution >= 0.6 is 0 Å². The van der Waals surface area contributed by atoms with Crippen molar-refractivity contribution < 1.29 is 49.6 Å². The molecule has 2 fully saturated rings. The van der Waals surface area contributed by atoms with Crippen LogP contribution < -0.4 is 5.32 Å². The van der Waals surface area contributed by atoms with E-state index in [-0.39, 0.29) is 0 Å². The first-order valence-electron chi connectivity index (χ1n) is 8.38. The molecule has 2 aliphatic heterocycles. The van der Waals surface area contributed by atoms with Crippen LogP contribution in [0.25, 0.3) is 0 Å². The van der Waals surface area contributed by atoms with Crippen molar-refractivity contribution in [3.8, 4) is 0 Å². The molecule has 0 saturated carbocycles. The van der Waals surface area contributed by atoms with Gasteiger partial charge in [-0.3, -0.25) is 4.79 Å². The Morgan fingerprint density at radius 1 is 0.962 bits per heavy atom. The lowest BCUT2D eigenvalue weighted by Gasteiger charge is -2.46. The Balaban J connectivity index is 2.16. The van der Waals surface area contributed by atoms with E-state index in [1.54, 1.807) is 6.92 Å². The third-order valence-corrected chi connectivity index (χ3v) is 4.66. The number of aliphatic hydroxyl groups is 6. The van der Waals surface area contributed by atoms with Crippen LogP contribution in [0.3, 0.4) is 0 Å². The second-order valence-corrected chi connectivity index (χ2v) is 6.58. The first kappa shape index (κ1) is 21.4. The zero-order valence-electron chi connectivity index (χ0n) is 14.5. The summed E-state index contributed by atoms with van der Waals surface area (Å²) >= 11 is 0. The van der Waals surface area contributed by atoms with Crippen molar-refractivity contribution in [2.45, 2.75) is 75.0 Å².